The van der Waals surface area contributed by atoms with Gasteiger partial charge in [-0.05, 0) is 51.1 Å². The van der Waals surface area contributed by atoms with Gasteiger partial charge in [0.05, 0.1) is 34.0 Å². The van der Waals surface area contributed by atoms with Gasteiger partial charge in [0.15, 0.2) is 11.6 Å². The standard InChI is InChI=1S/C25H26ClF4N3O4/c1-4-32(5-2)24(35)37-19-10-9-18-15(11-12-33(18)13-14-36-6-3)22(19)31-23(34)20-16(25(28,29)30)7-8-17(26)21(20)27/h7-12H,4-6,13-14H2,1-3H3,(H,31,34). The van der Waals surface area contributed by atoms with E-state index in [1.54, 1.807) is 36.7 Å². The van der Waals surface area contributed by atoms with Crippen LogP contribution in [0.1, 0.15) is 36.7 Å². The number of hydrogen-bond acceptors (Lipinski definition) is 4. The molecule has 0 unspecified atom stereocenters. The van der Waals surface area contributed by atoms with E-state index < -0.39 is 40.1 Å². The SMILES string of the molecule is CCOCCn1ccc2c(NC(=O)c3c(C(F)(F)F)ccc(Cl)c3F)c(OC(=O)N(CC)CC)ccc21. The van der Waals surface area contributed by atoms with Crippen molar-refractivity contribution in [3.05, 3.63) is 58.5 Å². The van der Waals surface area contributed by atoms with E-state index in [9.17, 15) is 27.2 Å². The van der Waals surface area contributed by atoms with Gasteiger partial charge in [0.1, 0.15) is 0 Å². The van der Waals surface area contributed by atoms with Crippen LogP contribution in [0.25, 0.3) is 10.9 Å². The Labute approximate surface area is 215 Å². The largest absolute Gasteiger partial charge is 0.417 e. The van der Waals surface area contributed by atoms with E-state index in [-0.39, 0.29) is 11.4 Å². The van der Waals surface area contributed by atoms with Gasteiger partial charge < -0.3 is 24.3 Å². The lowest BCUT2D eigenvalue weighted by Gasteiger charge is -2.20. The Morgan fingerprint density at radius 3 is 2.41 bits per heavy atom. The molecule has 1 N–H and O–H groups in total. The van der Waals surface area contributed by atoms with Crippen LogP contribution in [0, 0.1) is 5.82 Å². The minimum Gasteiger partial charge on any atom is -0.408 e. The van der Waals surface area contributed by atoms with Crippen molar-refractivity contribution in [2.75, 3.05) is 31.6 Å². The summed E-state index contributed by atoms with van der Waals surface area (Å²) in [4.78, 5) is 27.1. The number of nitrogens with one attached hydrogen (secondary N) is 1. The summed E-state index contributed by atoms with van der Waals surface area (Å²) in [6.45, 7) is 7.38. The molecule has 1 heterocycles. The van der Waals surface area contributed by atoms with E-state index in [0.29, 0.717) is 49.8 Å². The number of nitrogens with zero attached hydrogens (tertiary/aromatic N) is 2. The third-order valence-electron chi connectivity index (χ3n) is 5.68. The van der Waals surface area contributed by atoms with Crippen LogP contribution < -0.4 is 10.1 Å². The van der Waals surface area contributed by atoms with Gasteiger partial charge in [-0.3, -0.25) is 4.79 Å². The molecule has 0 bridgehead atoms. The fraction of sp³-hybridized carbons (Fsp3) is 0.360. The summed E-state index contributed by atoms with van der Waals surface area (Å²) in [5.74, 6) is -3.03. The molecule has 37 heavy (non-hydrogen) atoms. The van der Waals surface area contributed by atoms with Gasteiger partial charge in [-0.2, -0.15) is 13.2 Å². The Bertz CT molecular complexity index is 1290. The molecule has 0 aliphatic heterocycles. The van der Waals surface area contributed by atoms with E-state index in [4.69, 9.17) is 21.1 Å². The van der Waals surface area contributed by atoms with Crippen molar-refractivity contribution in [3.8, 4) is 5.75 Å². The van der Waals surface area contributed by atoms with E-state index in [0.717, 1.165) is 6.07 Å². The van der Waals surface area contributed by atoms with Gasteiger partial charge in [-0.1, -0.05) is 11.6 Å². The highest BCUT2D eigenvalue weighted by molar-refractivity contribution is 6.31. The van der Waals surface area contributed by atoms with Crippen LogP contribution in [-0.4, -0.2) is 47.8 Å². The number of rotatable bonds is 9. The van der Waals surface area contributed by atoms with Crippen LogP contribution in [0.15, 0.2) is 36.5 Å². The molecule has 12 heteroatoms. The van der Waals surface area contributed by atoms with Crippen LogP contribution in [0.5, 0.6) is 5.75 Å². The third-order valence-corrected chi connectivity index (χ3v) is 5.97. The predicted octanol–water partition coefficient (Wildman–Crippen LogP) is 6.58. The molecule has 0 radical (unpaired) electrons. The first kappa shape index (κ1) is 28.3. The zero-order valence-electron chi connectivity index (χ0n) is 20.4. The number of carbonyl (C=O) groups excluding carboxylic acids is 2. The van der Waals surface area contributed by atoms with Gasteiger partial charge in [0, 0.05) is 37.8 Å². The maximum atomic E-state index is 14.7. The summed E-state index contributed by atoms with van der Waals surface area (Å²) in [7, 11) is 0. The molecule has 7 nitrogen and oxygen atoms in total. The lowest BCUT2D eigenvalue weighted by Crippen LogP contribution is -2.33. The Balaban J connectivity index is 2.12. The van der Waals surface area contributed by atoms with Crippen LogP contribution in [0.3, 0.4) is 0 Å². The Morgan fingerprint density at radius 1 is 1.08 bits per heavy atom. The van der Waals surface area contributed by atoms with Gasteiger partial charge >= 0.3 is 12.3 Å². The van der Waals surface area contributed by atoms with E-state index in [1.807, 2.05) is 6.92 Å². The fourth-order valence-electron chi connectivity index (χ4n) is 3.79. The molecule has 0 aliphatic rings. The van der Waals surface area contributed by atoms with Gasteiger partial charge in [-0.25, -0.2) is 9.18 Å². The number of halogens is 5. The number of fused-ring (bicyclic) bond motifs is 1. The molecule has 0 saturated carbocycles. The third kappa shape index (κ3) is 6.16. The second-order valence-corrected chi connectivity index (χ2v) is 8.26. The smallest absolute Gasteiger partial charge is 0.408 e. The summed E-state index contributed by atoms with van der Waals surface area (Å²) in [5.41, 5.74) is -2.27. The Kier molecular flexibility index (Phi) is 9.03. The first-order chi connectivity index (χ1) is 17.5. The van der Waals surface area contributed by atoms with Crippen LogP contribution in [0.4, 0.5) is 28.0 Å². The molecule has 3 rings (SSSR count). The van der Waals surface area contributed by atoms with Crippen molar-refractivity contribution < 1.29 is 36.6 Å². The summed E-state index contributed by atoms with van der Waals surface area (Å²) in [6, 6.07) is 5.92. The van der Waals surface area contributed by atoms with Crippen LogP contribution >= 0.6 is 11.6 Å². The molecular formula is C25H26ClF4N3O4. The number of anilines is 1. The molecule has 1 aromatic heterocycles. The van der Waals surface area contributed by atoms with Crippen molar-refractivity contribution >= 4 is 40.2 Å². The van der Waals surface area contributed by atoms with Crippen molar-refractivity contribution in [2.24, 2.45) is 0 Å². The molecule has 2 aromatic carbocycles. The first-order valence-electron chi connectivity index (χ1n) is 11.6. The quantitative estimate of drug-likeness (QED) is 0.244. The number of ether oxygens (including phenoxy) is 2. The van der Waals surface area contributed by atoms with E-state index in [2.05, 4.69) is 5.32 Å². The number of alkyl halides is 3. The highest BCUT2D eigenvalue weighted by Gasteiger charge is 2.38. The maximum Gasteiger partial charge on any atom is 0.417 e. The van der Waals surface area contributed by atoms with Gasteiger partial charge in [0.25, 0.3) is 5.91 Å². The monoisotopic (exact) mass is 543 g/mol. The second kappa shape index (κ2) is 11.8. The average Bonchev–Trinajstić information content (AvgIpc) is 3.25. The first-order valence-corrected chi connectivity index (χ1v) is 11.9. The van der Waals surface area contributed by atoms with Gasteiger partial charge in [0.2, 0.25) is 0 Å². The van der Waals surface area contributed by atoms with E-state index >= 15 is 0 Å². The lowest BCUT2D eigenvalue weighted by atomic mass is 10.0. The molecule has 0 saturated heterocycles. The normalized spacial score (nSPS) is 11.6. The zero-order chi connectivity index (χ0) is 27.3. The van der Waals surface area contributed by atoms with Crippen molar-refractivity contribution in [3.63, 3.8) is 0 Å². The number of hydrogen-bond donors (Lipinski definition) is 1. The lowest BCUT2D eigenvalue weighted by molar-refractivity contribution is -0.138. The number of aromatic nitrogens is 1. The minimum absolute atomic E-state index is 0.0920. The van der Waals surface area contributed by atoms with E-state index in [1.165, 1.54) is 11.0 Å². The average molecular weight is 544 g/mol. The highest BCUT2D eigenvalue weighted by Crippen LogP contribution is 2.38. The van der Waals surface area contributed by atoms with Crippen LogP contribution in [0.2, 0.25) is 5.02 Å². The fourth-order valence-corrected chi connectivity index (χ4v) is 3.95. The minimum atomic E-state index is -5.02. The summed E-state index contributed by atoms with van der Waals surface area (Å²) < 4.78 is 68.2. The molecule has 0 fully saturated rings. The Morgan fingerprint density at radius 2 is 1.78 bits per heavy atom. The summed E-state index contributed by atoms with van der Waals surface area (Å²) in [5, 5.41) is 2.05. The molecule has 0 aliphatic carbocycles. The van der Waals surface area contributed by atoms with Crippen molar-refractivity contribution in [1.29, 1.82) is 0 Å². The zero-order valence-corrected chi connectivity index (χ0v) is 21.2. The molecule has 0 atom stereocenters. The van der Waals surface area contributed by atoms with Crippen molar-refractivity contribution in [2.45, 2.75) is 33.5 Å². The summed E-state index contributed by atoms with van der Waals surface area (Å²) >= 11 is 5.70. The molecule has 3 aromatic rings. The molecule has 2 amide bonds. The number of amides is 2. The topological polar surface area (TPSA) is 72.8 Å². The summed E-state index contributed by atoms with van der Waals surface area (Å²) in [6.07, 6.45) is -4.05. The number of benzene rings is 2. The van der Waals surface area contributed by atoms with Gasteiger partial charge in [-0.15, -0.1) is 0 Å². The molecule has 200 valence electrons. The highest BCUT2D eigenvalue weighted by atomic mass is 35.5. The predicted molar refractivity (Wildman–Crippen MR) is 132 cm³/mol. The molecular weight excluding hydrogens is 518 g/mol. The van der Waals surface area contributed by atoms with Crippen molar-refractivity contribution in [1.82, 2.24) is 9.47 Å². The second-order valence-electron chi connectivity index (χ2n) is 7.85. The Hall–Kier alpha value is -3.31. The maximum absolute atomic E-state index is 14.7. The molecule has 0 spiro atoms. The van der Waals surface area contributed by atoms with Crippen LogP contribution in [-0.2, 0) is 17.5 Å². The number of carbonyl (C=O) groups is 2.